The first-order valence-electron chi connectivity index (χ1n) is 6.57. The molecular formula is C14H23O5P. The summed E-state index contributed by atoms with van der Waals surface area (Å²) >= 11 is 0. The largest absolute Gasteiger partial charge is 0.496 e. The van der Waals surface area contributed by atoms with E-state index in [2.05, 4.69) is 0 Å². The molecule has 1 aromatic rings. The maximum atomic E-state index is 12.9. The van der Waals surface area contributed by atoms with E-state index in [0.717, 1.165) is 0 Å². The summed E-state index contributed by atoms with van der Waals surface area (Å²) in [5.41, 5.74) is 0.389. The van der Waals surface area contributed by atoms with Gasteiger partial charge in [-0.25, -0.2) is 0 Å². The van der Waals surface area contributed by atoms with Gasteiger partial charge in [0.05, 0.1) is 19.3 Å². The van der Waals surface area contributed by atoms with Crippen LogP contribution in [0.2, 0.25) is 0 Å². The SMILES string of the molecule is COc1ccccc1[C@@H](O)P(=O)(OC(C)C)OC(C)C. The summed E-state index contributed by atoms with van der Waals surface area (Å²) in [6.45, 7) is 6.97. The second-order valence-electron chi connectivity index (χ2n) is 4.96. The van der Waals surface area contributed by atoms with Crippen molar-refractivity contribution in [1.82, 2.24) is 0 Å². The van der Waals surface area contributed by atoms with Gasteiger partial charge in [0.2, 0.25) is 0 Å². The molecule has 1 aromatic carbocycles. The van der Waals surface area contributed by atoms with Crippen LogP contribution in [0.5, 0.6) is 5.75 Å². The highest BCUT2D eigenvalue weighted by Gasteiger charge is 2.39. The summed E-state index contributed by atoms with van der Waals surface area (Å²) < 4.78 is 28.8. The highest BCUT2D eigenvalue weighted by Crippen LogP contribution is 2.62. The molecule has 0 saturated heterocycles. The zero-order valence-electron chi connectivity index (χ0n) is 12.6. The first kappa shape index (κ1) is 17.2. The lowest BCUT2D eigenvalue weighted by molar-refractivity contribution is 0.100. The van der Waals surface area contributed by atoms with Gasteiger partial charge >= 0.3 is 7.60 Å². The average Bonchev–Trinajstić information content (AvgIpc) is 2.35. The van der Waals surface area contributed by atoms with Gasteiger partial charge in [0, 0.05) is 5.56 Å². The average molecular weight is 302 g/mol. The third-order valence-corrected chi connectivity index (χ3v) is 4.74. The summed E-state index contributed by atoms with van der Waals surface area (Å²) in [6, 6.07) is 6.83. The Hall–Kier alpha value is -0.870. The predicted molar refractivity (Wildman–Crippen MR) is 78.0 cm³/mol. The van der Waals surface area contributed by atoms with Crippen molar-refractivity contribution in [2.24, 2.45) is 0 Å². The van der Waals surface area contributed by atoms with Gasteiger partial charge in [0.25, 0.3) is 0 Å². The number of benzene rings is 1. The number of para-hydroxylation sites is 1. The van der Waals surface area contributed by atoms with Gasteiger partial charge in [-0.15, -0.1) is 0 Å². The van der Waals surface area contributed by atoms with Crippen LogP contribution in [0.15, 0.2) is 24.3 Å². The van der Waals surface area contributed by atoms with Gasteiger partial charge in [0.15, 0.2) is 5.85 Å². The molecule has 0 aromatic heterocycles. The smallest absolute Gasteiger partial charge is 0.364 e. The molecule has 5 nitrogen and oxygen atoms in total. The van der Waals surface area contributed by atoms with Crippen LogP contribution >= 0.6 is 7.60 Å². The summed E-state index contributed by atoms with van der Waals surface area (Å²) in [4.78, 5) is 0. The van der Waals surface area contributed by atoms with Crippen LogP contribution in [0.3, 0.4) is 0 Å². The van der Waals surface area contributed by atoms with Gasteiger partial charge in [-0.1, -0.05) is 18.2 Å². The fourth-order valence-corrected chi connectivity index (χ4v) is 3.79. The molecule has 20 heavy (non-hydrogen) atoms. The highest BCUT2D eigenvalue weighted by molar-refractivity contribution is 7.54. The van der Waals surface area contributed by atoms with Crippen molar-refractivity contribution in [3.05, 3.63) is 29.8 Å². The summed E-state index contributed by atoms with van der Waals surface area (Å²) in [6.07, 6.45) is -0.659. The van der Waals surface area contributed by atoms with Crippen LogP contribution in [0.4, 0.5) is 0 Å². The van der Waals surface area contributed by atoms with E-state index in [1.54, 1.807) is 52.0 Å². The van der Waals surface area contributed by atoms with Crippen molar-refractivity contribution >= 4 is 7.60 Å². The summed E-state index contributed by atoms with van der Waals surface area (Å²) in [5.74, 6) is -0.941. The Morgan fingerprint density at radius 3 is 2.00 bits per heavy atom. The molecule has 6 heteroatoms. The number of hydrogen-bond acceptors (Lipinski definition) is 5. The van der Waals surface area contributed by atoms with Gasteiger partial charge < -0.3 is 18.9 Å². The van der Waals surface area contributed by atoms with E-state index >= 15 is 0 Å². The number of aliphatic hydroxyl groups excluding tert-OH is 1. The van der Waals surface area contributed by atoms with Gasteiger partial charge in [-0.2, -0.15) is 0 Å². The normalized spacial score (nSPS) is 13.8. The third kappa shape index (κ3) is 4.32. The number of methoxy groups -OCH3 is 1. The maximum absolute atomic E-state index is 12.9. The minimum absolute atomic E-state index is 0.330. The molecule has 0 saturated carbocycles. The minimum atomic E-state index is -3.71. The number of aliphatic hydroxyl groups is 1. The Morgan fingerprint density at radius 1 is 1.05 bits per heavy atom. The molecule has 114 valence electrons. The molecule has 0 heterocycles. The van der Waals surface area contributed by atoms with Crippen LogP contribution in [0.1, 0.15) is 39.1 Å². The van der Waals surface area contributed by atoms with Crippen molar-refractivity contribution in [3.8, 4) is 5.75 Å². The molecule has 1 N–H and O–H groups in total. The standard InChI is InChI=1S/C14H23O5P/c1-10(2)18-20(16,19-11(3)4)14(15)12-8-6-7-9-13(12)17-5/h6-11,14-15H,1-5H3/t14-/m0/s1. The molecule has 0 spiro atoms. The van der Waals surface area contributed by atoms with Gasteiger partial charge in [-0.05, 0) is 33.8 Å². The maximum Gasteiger partial charge on any atom is 0.364 e. The lowest BCUT2D eigenvalue weighted by atomic mass is 10.2. The van der Waals surface area contributed by atoms with Crippen LogP contribution in [-0.2, 0) is 13.6 Å². The van der Waals surface area contributed by atoms with E-state index in [9.17, 15) is 9.67 Å². The Labute approximate surface area is 120 Å². The minimum Gasteiger partial charge on any atom is -0.496 e. The molecular weight excluding hydrogens is 279 g/mol. The molecule has 0 fully saturated rings. The van der Waals surface area contributed by atoms with E-state index < -0.39 is 13.4 Å². The molecule has 1 atom stereocenters. The van der Waals surface area contributed by atoms with Gasteiger partial charge in [0.1, 0.15) is 5.75 Å². The van der Waals surface area contributed by atoms with E-state index in [4.69, 9.17) is 13.8 Å². The first-order chi connectivity index (χ1) is 9.30. The van der Waals surface area contributed by atoms with Crippen molar-refractivity contribution in [2.75, 3.05) is 7.11 Å². The Morgan fingerprint density at radius 2 is 1.55 bits per heavy atom. The molecule has 1 rings (SSSR count). The summed E-state index contributed by atoms with van der Waals surface area (Å²) in [5, 5.41) is 10.5. The molecule has 0 aliphatic rings. The molecule has 0 amide bonds. The zero-order chi connectivity index (χ0) is 15.3. The van der Waals surface area contributed by atoms with E-state index in [1.807, 2.05) is 0 Å². The van der Waals surface area contributed by atoms with Gasteiger partial charge in [-0.3, -0.25) is 4.57 Å². The lowest BCUT2D eigenvalue weighted by Gasteiger charge is -2.27. The highest BCUT2D eigenvalue weighted by atomic mass is 31.2. The Bertz CT molecular complexity index is 458. The number of ether oxygens (including phenoxy) is 1. The van der Waals surface area contributed by atoms with Crippen LogP contribution in [0.25, 0.3) is 0 Å². The molecule has 0 aliphatic carbocycles. The second kappa shape index (κ2) is 7.23. The fraction of sp³-hybridized carbons (Fsp3) is 0.571. The van der Waals surface area contributed by atoms with Crippen LogP contribution in [-0.4, -0.2) is 24.4 Å². The van der Waals surface area contributed by atoms with Crippen molar-refractivity contribution < 1.29 is 23.5 Å². The molecule has 0 bridgehead atoms. The van der Waals surface area contributed by atoms with E-state index in [1.165, 1.54) is 7.11 Å². The van der Waals surface area contributed by atoms with Crippen LogP contribution < -0.4 is 4.74 Å². The number of hydrogen-bond donors (Lipinski definition) is 1. The summed E-state index contributed by atoms with van der Waals surface area (Å²) in [7, 11) is -2.22. The first-order valence-corrected chi connectivity index (χ1v) is 8.19. The van der Waals surface area contributed by atoms with Crippen molar-refractivity contribution in [2.45, 2.75) is 45.7 Å². The second-order valence-corrected chi connectivity index (χ2v) is 6.95. The topological polar surface area (TPSA) is 65.0 Å². The van der Waals surface area contributed by atoms with E-state index in [-0.39, 0.29) is 12.2 Å². The Kier molecular flexibility index (Phi) is 6.21. The third-order valence-electron chi connectivity index (χ3n) is 2.43. The predicted octanol–water partition coefficient (Wildman–Crippen LogP) is 3.73. The van der Waals surface area contributed by atoms with E-state index in [0.29, 0.717) is 11.3 Å². The lowest BCUT2D eigenvalue weighted by Crippen LogP contribution is -2.14. The zero-order valence-corrected chi connectivity index (χ0v) is 13.5. The van der Waals surface area contributed by atoms with Crippen molar-refractivity contribution in [1.29, 1.82) is 0 Å². The number of rotatable bonds is 7. The Balaban J connectivity index is 3.16. The van der Waals surface area contributed by atoms with Crippen LogP contribution in [0, 0.1) is 0 Å². The monoisotopic (exact) mass is 302 g/mol. The molecule has 0 aliphatic heterocycles. The fourth-order valence-electron chi connectivity index (χ4n) is 1.78. The quantitative estimate of drug-likeness (QED) is 0.777. The molecule has 0 radical (unpaired) electrons. The van der Waals surface area contributed by atoms with Crippen molar-refractivity contribution in [3.63, 3.8) is 0 Å². The molecule has 0 unspecified atom stereocenters.